The van der Waals surface area contributed by atoms with E-state index in [0.29, 0.717) is 36.2 Å². The number of nitrogens with one attached hydrogen (secondary N) is 1. The van der Waals surface area contributed by atoms with Crippen molar-refractivity contribution >= 4 is 29.1 Å². The zero-order valence-electron chi connectivity index (χ0n) is 11.4. The fraction of sp³-hybridized carbons (Fsp3) is 0.500. The molecule has 1 aromatic rings. The molecule has 0 aromatic heterocycles. The number of benzene rings is 1. The lowest BCUT2D eigenvalue weighted by Crippen LogP contribution is -2.44. The van der Waals surface area contributed by atoms with Gasteiger partial charge in [0.15, 0.2) is 0 Å². The van der Waals surface area contributed by atoms with E-state index in [9.17, 15) is 4.79 Å². The zero-order chi connectivity index (χ0) is 14.5. The third kappa shape index (κ3) is 4.09. The van der Waals surface area contributed by atoms with Crippen LogP contribution in [0.15, 0.2) is 18.2 Å². The topological polar surface area (TPSA) is 41.6 Å². The molecule has 1 saturated heterocycles. The number of halogens is 2. The highest BCUT2D eigenvalue weighted by atomic mass is 35.5. The van der Waals surface area contributed by atoms with Crippen molar-refractivity contribution in [3.05, 3.63) is 33.8 Å². The van der Waals surface area contributed by atoms with E-state index in [4.69, 9.17) is 27.9 Å². The van der Waals surface area contributed by atoms with Crippen molar-refractivity contribution < 1.29 is 9.53 Å². The molecule has 0 saturated carbocycles. The molecule has 1 fully saturated rings. The van der Waals surface area contributed by atoms with Crippen LogP contribution >= 0.6 is 23.2 Å². The summed E-state index contributed by atoms with van der Waals surface area (Å²) in [5.74, 6) is 0.0593. The molecular formula is C14H18Cl2N2O2. The molecule has 1 aliphatic rings. The van der Waals surface area contributed by atoms with E-state index in [2.05, 4.69) is 5.32 Å². The number of carbonyl (C=O) groups excluding carboxylic acids is 1. The van der Waals surface area contributed by atoms with Crippen molar-refractivity contribution in [3.63, 3.8) is 0 Å². The van der Waals surface area contributed by atoms with Gasteiger partial charge >= 0.3 is 0 Å². The molecule has 0 radical (unpaired) electrons. The van der Waals surface area contributed by atoms with Gasteiger partial charge in [-0.15, -0.1) is 0 Å². The van der Waals surface area contributed by atoms with E-state index in [0.717, 1.165) is 12.1 Å². The molecule has 1 aromatic carbocycles. The van der Waals surface area contributed by atoms with Crippen molar-refractivity contribution in [2.24, 2.45) is 0 Å². The number of nitrogens with zero attached hydrogens (tertiary/aromatic N) is 1. The quantitative estimate of drug-likeness (QED) is 0.927. The molecule has 4 nitrogen and oxygen atoms in total. The third-order valence-electron chi connectivity index (χ3n) is 3.28. The second-order valence-electron chi connectivity index (χ2n) is 4.89. The maximum atomic E-state index is 12.2. The Labute approximate surface area is 129 Å². The second-order valence-corrected chi connectivity index (χ2v) is 5.68. The molecule has 1 N–H and O–H groups in total. The Bertz CT molecular complexity index is 476. The maximum Gasteiger partial charge on any atom is 0.224 e. The average molecular weight is 317 g/mol. The molecular weight excluding hydrogens is 299 g/mol. The summed E-state index contributed by atoms with van der Waals surface area (Å²) >= 11 is 12.1. The number of rotatable bonds is 4. The van der Waals surface area contributed by atoms with Crippen molar-refractivity contribution in [3.8, 4) is 0 Å². The Morgan fingerprint density at radius 2 is 2.30 bits per heavy atom. The number of amides is 1. The maximum absolute atomic E-state index is 12.2. The standard InChI is InChI=1S/C14H18Cl2N2O2/c1-18(8-10-3-2-4-12(15)14(10)16)13(19)7-11-9-20-6-5-17-11/h2-4,11,17H,5-9H2,1H3. The van der Waals surface area contributed by atoms with Crippen molar-refractivity contribution in [1.82, 2.24) is 10.2 Å². The summed E-state index contributed by atoms with van der Waals surface area (Å²) in [4.78, 5) is 13.8. The first-order valence-corrected chi connectivity index (χ1v) is 7.31. The predicted molar refractivity (Wildman–Crippen MR) is 80.2 cm³/mol. The monoisotopic (exact) mass is 316 g/mol. The van der Waals surface area contributed by atoms with Gasteiger partial charge in [0, 0.05) is 32.6 Å². The van der Waals surface area contributed by atoms with E-state index in [-0.39, 0.29) is 11.9 Å². The number of carbonyl (C=O) groups is 1. The van der Waals surface area contributed by atoms with E-state index in [1.165, 1.54) is 0 Å². The smallest absolute Gasteiger partial charge is 0.224 e. The summed E-state index contributed by atoms with van der Waals surface area (Å²) in [6, 6.07) is 5.53. The first-order chi connectivity index (χ1) is 9.58. The summed E-state index contributed by atoms with van der Waals surface area (Å²) in [7, 11) is 1.77. The van der Waals surface area contributed by atoms with Gasteiger partial charge in [-0.25, -0.2) is 0 Å². The summed E-state index contributed by atoms with van der Waals surface area (Å²) in [6.45, 7) is 2.53. The van der Waals surface area contributed by atoms with Crippen molar-refractivity contribution in [1.29, 1.82) is 0 Å². The number of hydrogen-bond donors (Lipinski definition) is 1. The average Bonchev–Trinajstić information content (AvgIpc) is 2.45. The lowest BCUT2D eigenvalue weighted by atomic mass is 10.1. The number of hydrogen-bond acceptors (Lipinski definition) is 3. The summed E-state index contributed by atoms with van der Waals surface area (Å²) in [5, 5.41) is 4.28. The SMILES string of the molecule is CN(Cc1cccc(Cl)c1Cl)C(=O)CC1COCCN1. The van der Waals surface area contributed by atoms with Gasteiger partial charge < -0.3 is 15.0 Å². The summed E-state index contributed by atoms with van der Waals surface area (Å²) < 4.78 is 5.34. The van der Waals surface area contributed by atoms with Gasteiger partial charge in [0.2, 0.25) is 5.91 Å². The van der Waals surface area contributed by atoms with Crippen LogP contribution in [-0.2, 0) is 16.1 Å². The van der Waals surface area contributed by atoms with Gasteiger partial charge in [0.05, 0.1) is 23.3 Å². The van der Waals surface area contributed by atoms with Crippen LogP contribution in [0.2, 0.25) is 10.0 Å². The second kappa shape index (κ2) is 7.27. The molecule has 1 aliphatic heterocycles. The molecule has 20 heavy (non-hydrogen) atoms. The molecule has 2 rings (SSSR count). The van der Waals surface area contributed by atoms with Gasteiger partial charge in [-0.05, 0) is 11.6 Å². The number of ether oxygens (including phenoxy) is 1. The molecule has 0 spiro atoms. The Morgan fingerprint density at radius 1 is 1.50 bits per heavy atom. The minimum Gasteiger partial charge on any atom is -0.378 e. The first-order valence-electron chi connectivity index (χ1n) is 6.56. The zero-order valence-corrected chi connectivity index (χ0v) is 12.9. The van der Waals surface area contributed by atoms with Crippen LogP contribution in [0, 0.1) is 0 Å². The fourth-order valence-electron chi connectivity index (χ4n) is 2.13. The van der Waals surface area contributed by atoms with Gasteiger partial charge in [-0.2, -0.15) is 0 Å². The molecule has 1 unspecified atom stereocenters. The van der Waals surface area contributed by atoms with E-state index >= 15 is 0 Å². The largest absolute Gasteiger partial charge is 0.378 e. The summed E-state index contributed by atoms with van der Waals surface area (Å²) in [5.41, 5.74) is 0.850. The molecule has 6 heteroatoms. The highest BCUT2D eigenvalue weighted by Crippen LogP contribution is 2.26. The van der Waals surface area contributed by atoms with Crippen LogP contribution in [0.5, 0.6) is 0 Å². The highest BCUT2D eigenvalue weighted by Gasteiger charge is 2.20. The number of morpholine rings is 1. The van der Waals surface area contributed by atoms with Crippen molar-refractivity contribution in [2.75, 3.05) is 26.8 Å². The molecule has 0 aliphatic carbocycles. The van der Waals surface area contributed by atoms with Gasteiger partial charge in [0.25, 0.3) is 0 Å². The molecule has 0 bridgehead atoms. The van der Waals surface area contributed by atoms with Crippen LogP contribution in [-0.4, -0.2) is 43.7 Å². The van der Waals surface area contributed by atoms with E-state index in [1.54, 1.807) is 18.0 Å². The van der Waals surface area contributed by atoms with Crippen LogP contribution in [0.25, 0.3) is 0 Å². The predicted octanol–water partition coefficient (Wildman–Crippen LogP) is 2.33. The van der Waals surface area contributed by atoms with Gasteiger partial charge in [-0.3, -0.25) is 4.79 Å². The Kier molecular flexibility index (Phi) is 5.66. The fourth-order valence-corrected chi connectivity index (χ4v) is 2.51. The molecule has 110 valence electrons. The summed E-state index contributed by atoms with van der Waals surface area (Å²) in [6.07, 6.45) is 0.425. The Hall–Kier alpha value is -0.810. The Balaban J connectivity index is 1.91. The molecule has 1 atom stereocenters. The van der Waals surface area contributed by atoms with E-state index in [1.807, 2.05) is 12.1 Å². The Morgan fingerprint density at radius 3 is 3.00 bits per heavy atom. The third-order valence-corrected chi connectivity index (χ3v) is 4.14. The van der Waals surface area contributed by atoms with Crippen LogP contribution in [0.3, 0.4) is 0 Å². The molecule has 1 heterocycles. The van der Waals surface area contributed by atoms with Crippen LogP contribution in [0.4, 0.5) is 0 Å². The van der Waals surface area contributed by atoms with Gasteiger partial charge in [0.1, 0.15) is 0 Å². The van der Waals surface area contributed by atoms with Crippen LogP contribution < -0.4 is 5.32 Å². The molecule has 1 amide bonds. The first kappa shape index (κ1) is 15.6. The minimum absolute atomic E-state index is 0.0593. The van der Waals surface area contributed by atoms with Gasteiger partial charge in [-0.1, -0.05) is 35.3 Å². The lowest BCUT2D eigenvalue weighted by molar-refractivity contribution is -0.131. The normalized spacial score (nSPS) is 18.9. The lowest BCUT2D eigenvalue weighted by Gasteiger charge is -2.26. The highest BCUT2D eigenvalue weighted by molar-refractivity contribution is 6.42. The van der Waals surface area contributed by atoms with E-state index < -0.39 is 0 Å². The van der Waals surface area contributed by atoms with Crippen molar-refractivity contribution in [2.45, 2.75) is 19.0 Å². The van der Waals surface area contributed by atoms with Crippen LogP contribution in [0.1, 0.15) is 12.0 Å². The minimum atomic E-state index is 0.0593.